The summed E-state index contributed by atoms with van der Waals surface area (Å²) in [5, 5.41) is 0. The van der Waals surface area contributed by atoms with Crippen molar-refractivity contribution in [3.8, 4) is 0 Å². The number of hydrogen-bond acceptors (Lipinski definition) is 5. The highest BCUT2D eigenvalue weighted by atomic mass is 16.8. The van der Waals surface area contributed by atoms with Gasteiger partial charge in [0.15, 0.2) is 17.9 Å². The van der Waals surface area contributed by atoms with Crippen LogP contribution >= 0.6 is 0 Å². The van der Waals surface area contributed by atoms with Gasteiger partial charge in [-0.15, -0.1) is 6.58 Å². The lowest BCUT2D eigenvalue weighted by Gasteiger charge is -2.27. The summed E-state index contributed by atoms with van der Waals surface area (Å²) in [7, 11) is 0. The first-order valence-electron chi connectivity index (χ1n) is 8.44. The summed E-state index contributed by atoms with van der Waals surface area (Å²) >= 11 is 0. The minimum atomic E-state index is -0.714. The van der Waals surface area contributed by atoms with Gasteiger partial charge in [0.1, 0.15) is 18.3 Å². The predicted molar refractivity (Wildman–Crippen MR) is 82.5 cm³/mol. The zero-order valence-electron chi connectivity index (χ0n) is 13.6. The smallest absolute Gasteiger partial charge is 0.190 e. The van der Waals surface area contributed by atoms with Crippen molar-refractivity contribution in [2.75, 3.05) is 6.61 Å². The van der Waals surface area contributed by atoms with Gasteiger partial charge in [-0.2, -0.15) is 0 Å². The molecule has 0 aromatic carbocycles. The molecule has 5 heteroatoms. The van der Waals surface area contributed by atoms with E-state index < -0.39 is 24.3 Å². The number of carbonyl (C=O) groups excluding carboxylic acids is 1. The van der Waals surface area contributed by atoms with Gasteiger partial charge < -0.3 is 18.9 Å². The number of Topliss-reactive ketones (excluding diaryl/α,β-unsaturated/α-hetero) is 1. The molecule has 23 heavy (non-hydrogen) atoms. The molecule has 0 radical (unpaired) electrons. The molecular formula is C18H24O5. The van der Waals surface area contributed by atoms with Crippen LogP contribution in [-0.2, 0) is 23.7 Å². The molecule has 0 unspecified atom stereocenters. The second-order valence-electron chi connectivity index (χ2n) is 7.40. The molecule has 0 amide bonds. The minimum absolute atomic E-state index is 0.0386. The Balaban J connectivity index is 1.52. The van der Waals surface area contributed by atoms with E-state index in [-0.39, 0.29) is 17.8 Å². The number of carbonyl (C=O) groups is 1. The number of allylic oxidation sites excluding steroid dienone is 2. The Morgan fingerprint density at radius 3 is 2.83 bits per heavy atom. The lowest BCUT2D eigenvalue weighted by Crippen LogP contribution is -2.43. The van der Waals surface area contributed by atoms with Crippen LogP contribution in [-0.4, -0.2) is 42.8 Å². The maximum Gasteiger partial charge on any atom is 0.190 e. The van der Waals surface area contributed by atoms with Crippen molar-refractivity contribution < 1.29 is 23.7 Å². The van der Waals surface area contributed by atoms with Crippen LogP contribution in [0.15, 0.2) is 24.8 Å². The van der Waals surface area contributed by atoms with E-state index in [0.29, 0.717) is 18.4 Å². The molecule has 0 N–H and O–H groups in total. The Hall–Kier alpha value is -1.01. The molecule has 2 aliphatic heterocycles. The second kappa shape index (κ2) is 5.52. The van der Waals surface area contributed by atoms with Crippen molar-refractivity contribution in [3.63, 3.8) is 0 Å². The van der Waals surface area contributed by atoms with E-state index in [1.807, 2.05) is 13.8 Å². The molecular weight excluding hydrogens is 296 g/mol. The topological polar surface area (TPSA) is 54.0 Å². The fourth-order valence-corrected chi connectivity index (χ4v) is 4.39. The number of fused-ring (bicyclic) bond motifs is 3. The van der Waals surface area contributed by atoms with Crippen molar-refractivity contribution in [3.05, 3.63) is 24.8 Å². The van der Waals surface area contributed by atoms with Crippen LogP contribution in [0.25, 0.3) is 0 Å². The predicted octanol–water partition coefficient (Wildman–Crippen LogP) is 2.22. The fourth-order valence-electron chi connectivity index (χ4n) is 4.39. The molecule has 0 aromatic rings. The maximum atomic E-state index is 13.0. The van der Waals surface area contributed by atoms with Crippen LogP contribution in [0.5, 0.6) is 0 Å². The Kier molecular flexibility index (Phi) is 3.72. The highest BCUT2D eigenvalue weighted by molar-refractivity contribution is 5.87. The third-order valence-electron chi connectivity index (χ3n) is 5.32. The maximum absolute atomic E-state index is 13.0. The van der Waals surface area contributed by atoms with Crippen LogP contribution in [0.3, 0.4) is 0 Å². The lowest BCUT2D eigenvalue weighted by molar-refractivity contribution is -0.218. The summed E-state index contributed by atoms with van der Waals surface area (Å²) in [6.45, 7) is 7.73. The molecule has 5 nitrogen and oxygen atoms in total. The largest absolute Gasteiger partial charge is 0.368 e. The van der Waals surface area contributed by atoms with Gasteiger partial charge in [0.2, 0.25) is 0 Å². The third kappa shape index (κ3) is 2.60. The number of ether oxygens (including phenoxy) is 4. The average molecular weight is 320 g/mol. The van der Waals surface area contributed by atoms with Crippen LogP contribution < -0.4 is 0 Å². The van der Waals surface area contributed by atoms with Crippen LogP contribution in [0, 0.1) is 17.8 Å². The number of rotatable bonds is 5. The zero-order valence-corrected chi connectivity index (χ0v) is 13.6. The van der Waals surface area contributed by atoms with Crippen molar-refractivity contribution in [1.29, 1.82) is 0 Å². The summed E-state index contributed by atoms with van der Waals surface area (Å²) in [4.78, 5) is 13.0. The fraction of sp³-hybridized carbons (Fsp3) is 0.722. The number of hydrogen-bond donors (Lipinski definition) is 0. The standard InChI is InChI=1S/C18H24O5/c1-4-7-20-15-14(21-17-16(15)22-18(2,3)23-17)13(19)12-9-10-5-6-11(12)8-10/h4-6,10-12,14-17H,1,7-9H2,2-3H3/t10-,11+,12-,14-,15+,16-,17-/m1/s1. The van der Waals surface area contributed by atoms with E-state index in [1.165, 1.54) is 0 Å². The summed E-state index contributed by atoms with van der Waals surface area (Å²) in [6, 6.07) is 0. The van der Waals surface area contributed by atoms with Crippen molar-refractivity contribution in [2.24, 2.45) is 17.8 Å². The molecule has 4 rings (SSSR count). The van der Waals surface area contributed by atoms with Gasteiger partial charge in [-0.05, 0) is 38.5 Å². The Labute approximate surface area is 136 Å². The van der Waals surface area contributed by atoms with E-state index in [9.17, 15) is 4.79 Å². The molecule has 0 spiro atoms. The van der Waals surface area contributed by atoms with E-state index in [4.69, 9.17) is 18.9 Å². The minimum Gasteiger partial charge on any atom is -0.368 e. The molecule has 1 saturated carbocycles. The van der Waals surface area contributed by atoms with E-state index in [2.05, 4.69) is 18.7 Å². The summed E-state index contributed by atoms with van der Waals surface area (Å²) in [6.07, 6.45) is 6.16. The van der Waals surface area contributed by atoms with E-state index >= 15 is 0 Å². The van der Waals surface area contributed by atoms with Gasteiger partial charge in [0.05, 0.1) is 6.61 Å². The van der Waals surface area contributed by atoms with E-state index in [1.54, 1.807) is 6.08 Å². The highest BCUT2D eigenvalue weighted by Crippen LogP contribution is 2.46. The molecule has 2 saturated heterocycles. The molecule has 2 aliphatic carbocycles. The first-order valence-corrected chi connectivity index (χ1v) is 8.44. The zero-order chi connectivity index (χ0) is 16.2. The molecule has 2 heterocycles. The van der Waals surface area contributed by atoms with E-state index in [0.717, 1.165) is 12.8 Å². The Morgan fingerprint density at radius 2 is 2.17 bits per heavy atom. The molecule has 3 fully saturated rings. The van der Waals surface area contributed by atoms with Crippen LogP contribution in [0.4, 0.5) is 0 Å². The van der Waals surface area contributed by atoms with Gasteiger partial charge in [-0.3, -0.25) is 4.79 Å². The van der Waals surface area contributed by atoms with Gasteiger partial charge >= 0.3 is 0 Å². The second-order valence-corrected chi connectivity index (χ2v) is 7.40. The van der Waals surface area contributed by atoms with Gasteiger partial charge in [-0.1, -0.05) is 18.2 Å². The highest BCUT2D eigenvalue weighted by Gasteiger charge is 2.58. The van der Waals surface area contributed by atoms with Crippen LogP contribution in [0.2, 0.25) is 0 Å². The summed E-state index contributed by atoms with van der Waals surface area (Å²) < 4.78 is 23.5. The normalized spacial score (nSPS) is 46.3. The van der Waals surface area contributed by atoms with Gasteiger partial charge in [-0.25, -0.2) is 0 Å². The average Bonchev–Trinajstić information content (AvgIpc) is 3.23. The number of ketones is 1. The summed E-state index contributed by atoms with van der Waals surface area (Å²) in [5.41, 5.74) is 0. The van der Waals surface area contributed by atoms with Gasteiger partial charge in [0.25, 0.3) is 0 Å². The molecule has 7 atom stereocenters. The van der Waals surface area contributed by atoms with Crippen molar-refractivity contribution >= 4 is 5.78 Å². The first kappa shape index (κ1) is 15.5. The van der Waals surface area contributed by atoms with Crippen molar-refractivity contribution in [1.82, 2.24) is 0 Å². The first-order chi connectivity index (χ1) is 11.0. The Morgan fingerprint density at radius 1 is 1.35 bits per heavy atom. The molecule has 2 bridgehead atoms. The molecule has 0 aromatic heterocycles. The third-order valence-corrected chi connectivity index (χ3v) is 5.32. The lowest BCUT2D eigenvalue weighted by atomic mass is 9.86. The molecule has 126 valence electrons. The monoisotopic (exact) mass is 320 g/mol. The SMILES string of the molecule is C=CCO[C@@H]1[C@H]2OC(C)(C)O[C@H]2O[C@@H]1C(=O)[C@@H]1C[C@@H]2C=C[C@H]1C2. The van der Waals surface area contributed by atoms with Gasteiger partial charge in [0, 0.05) is 5.92 Å². The molecule has 4 aliphatic rings. The quantitative estimate of drug-likeness (QED) is 0.727. The summed E-state index contributed by atoms with van der Waals surface area (Å²) in [5.74, 6) is 0.365. The Bertz CT molecular complexity index is 540. The van der Waals surface area contributed by atoms with Crippen molar-refractivity contribution in [2.45, 2.75) is 57.1 Å². The van der Waals surface area contributed by atoms with Crippen LogP contribution in [0.1, 0.15) is 26.7 Å².